The number of pyridine rings is 5. The van der Waals surface area contributed by atoms with Gasteiger partial charge >= 0.3 is 0 Å². The number of rotatable bonds is 20. The molecule has 0 unspecified atom stereocenters. The van der Waals surface area contributed by atoms with Gasteiger partial charge in [-0.2, -0.15) is 0 Å². The summed E-state index contributed by atoms with van der Waals surface area (Å²) in [5, 5.41) is 0. The maximum absolute atomic E-state index is 5.79. The lowest BCUT2D eigenvalue weighted by Gasteiger charge is -2.09. The Hall–Kier alpha value is -4.41. The molecule has 0 fully saturated rings. The van der Waals surface area contributed by atoms with Crippen LogP contribution in [-0.4, -0.2) is 64.6 Å². The van der Waals surface area contributed by atoms with Crippen molar-refractivity contribution in [3.8, 4) is 22.8 Å². The first-order valence-electron chi connectivity index (χ1n) is 16.6. The maximum Gasteiger partial charge on any atom is 0.0889 e. The number of aromatic nitrogens is 5. The van der Waals surface area contributed by atoms with E-state index in [9.17, 15) is 0 Å². The van der Waals surface area contributed by atoms with E-state index < -0.39 is 0 Å². The second kappa shape index (κ2) is 19.4. The molecule has 5 aromatic rings. The summed E-state index contributed by atoms with van der Waals surface area (Å²) < 4.78 is 23.2. The van der Waals surface area contributed by atoms with Crippen molar-refractivity contribution in [2.24, 2.45) is 0 Å². The summed E-state index contributed by atoms with van der Waals surface area (Å²) in [6.45, 7) is 8.49. The Kier molecular flexibility index (Phi) is 14.1. The van der Waals surface area contributed by atoms with E-state index in [1.54, 1.807) is 0 Å². The lowest BCUT2D eigenvalue weighted by atomic mass is 10.1. The van der Waals surface area contributed by atoms with Crippen LogP contribution in [0.25, 0.3) is 22.8 Å². The zero-order valence-electron chi connectivity index (χ0n) is 28.0. The smallest absolute Gasteiger partial charge is 0.0889 e. The molecule has 0 aliphatic heterocycles. The SMILES string of the molecule is Cc1ccnc(-c2cc(CCCOCCOCc3cccc(COCCOCCCc4ccnc(-c5cc(C)ccn5)c4)n3)ccn2)c1. The van der Waals surface area contributed by atoms with E-state index in [1.165, 1.54) is 22.3 Å². The predicted molar refractivity (Wildman–Crippen MR) is 186 cm³/mol. The third-order valence-corrected chi connectivity index (χ3v) is 7.62. The van der Waals surface area contributed by atoms with Gasteiger partial charge in [0, 0.05) is 38.0 Å². The molecule has 5 heterocycles. The Balaban J connectivity index is 0.878. The van der Waals surface area contributed by atoms with Crippen molar-refractivity contribution in [3.63, 3.8) is 0 Å². The van der Waals surface area contributed by atoms with E-state index in [-0.39, 0.29) is 0 Å². The molecule has 0 aliphatic carbocycles. The fourth-order valence-corrected chi connectivity index (χ4v) is 5.13. The minimum atomic E-state index is 0.438. The molecule has 0 bridgehead atoms. The summed E-state index contributed by atoms with van der Waals surface area (Å²) in [6, 6.07) is 22.3. The van der Waals surface area contributed by atoms with Gasteiger partial charge in [0.25, 0.3) is 0 Å². The minimum absolute atomic E-state index is 0.438. The van der Waals surface area contributed by atoms with Crippen LogP contribution in [0.1, 0.15) is 46.5 Å². The van der Waals surface area contributed by atoms with E-state index >= 15 is 0 Å². The standard InChI is InChI=1S/C39H45N5O4/c1-30-10-14-40-36(24-30)38-26-32(12-16-42-38)6-4-18-45-20-22-47-28-34-8-3-9-35(44-34)29-48-23-21-46-19-5-7-33-13-17-43-39(27-33)37-25-31(2)11-15-41-37/h3,8-17,24-27H,4-7,18-23,28-29H2,1-2H3. The van der Waals surface area contributed by atoms with Gasteiger partial charge in [0.15, 0.2) is 0 Å². The second-order valence-electron chi connectivity index (χ2n) is 11.7. The number of hydrogen-bond acceptors (Lipinski definition) is 9. The number of ether oxygens (including phenoxy) is 4. The highest BCUT2D eigenvalue weighted by atomic mass is 16.5. The number of aryl methyl sites for hydroxylation is 4. The van der Waals surface area contributed by atoms with Gasteiger partial charge in [-0.15, -0.1) is 0 Å². The molecule has 0 aliphatic rings. The quantitative estimate of drug-likeness (QED) is 0.0831. The van der Waals surface area contributed by atoms with Gasteiger partial charge in [0.1, 0.15) is 0 Å². The summed E-state index contributed by atoms with van der Waals surface area (Å²) in [6.07, 6.45) is 11.0. The van der Waals surface area contributed by atoms with Gasteiger partial charge in [0.2, 0.25) is 0 Å². The van der Waals surface area contributed by atoms with Crippen LogP contribution >= 0.6 is 0 Å². The van der Waals surface area contributed by atoms with Crippen molar-refractivity contribution in [3.05, 3.63) is 125 Å². The van der Waals surface area contributed by atoms with Crippen LogP contribution in [0.4, 0.5) is 0 Å². The van der Waals surface area contributed by atoms with Crippen molar-refractivity contribution in [2.45, 2.75) is 52.7 Å². The van der Waals surface area contributed by atoms with Gasteiger partial charge in [-0.1, -0.05) is 6.07 Å². The largest absolute Gasteiger partial charge is 0.379 e. The maximum atomic E-state index is 5.79. The Bertz CT molecular complexity index is 1580. The second-order valence-corrected chi connectivity index (χ2v) is 11.7. The highest BCUT2D eigenvalue weighted by molar-refractivity contribution is 5.56. The monoisotopic (exact) mass is 647 g/mol. The average molecular weight is 648 g/mol. The number of nitrogens with zero attached hydrogens (tertiary/aromatic N) is 5. The fraction of sp³-hybridized carbons (Fsp3) is 0.359. The molecule has 0 aromatic carbocycles. The summed E-state index contributed by atoms with van der Waals surface area (Å²) in [5.41, 5.74) is 10.2. The van der Waals surface area contributed by atoms with Crippen molar-refractivity contribution in [1.29, 1.82) is 0 Å². The summed E-state index contributed by atoms with van der Waals surface area (Å²) in [7, 11) is 0. The third kappa shape index (κ3) is 12.0. The molecule has 0 saturated heterocycles. The Labute approximate surface area is 283 Å². The average Bonchev–Trinajstić information content (AvgIpc) is 3.11. The number of hydrogen-bond donors (Lipinski definition) is 0. The van der Waals surface area contributed by atoms with Gasteiger partial charge in [-0.05, 0) is 122 Å². The van der Waals surface area contributed by atoms with E-state index in [2.05, 4.69) is 75.2 Å². The van der Waals surface area contributed by atoms with Crippen molar-refractivity contribution in [1.82, 2.24) is 24.9 Å². The molecule has 5 rings (SSSR count). The van der Waals surface area contributed by atoms with Crippen LogP contribution < -0.4 is 0 Å². The van der Waals surface area contributed by atoms with E-state index in [0.29, 0.717) is 52.9 Å². The van der Waals surface area contributed by atoms with Crippen molar-refractivity contribution < 1.29 is 18.9 Å². The Morgan fingerprint density at radius 2 is 0.875 bits per heavy atom. The summed E-state index contributed by atoms with van der Waals surface area (Å²) in [4.78, 5) is 22.5. The molecule has 0 saturated carbocycles. The highest BCUT2D eigenvalue weighted by Gasteiger charge is 2.05. The molecular formula is C39H45N5O4. The van der Waals surface area contributed by atoms with Crippen LogP contribution in [0.3, 0.4) is 0 Å². The zero-order chi connectivity index (χ0) is 33.2. The molecule has 9 heteroatoms. The molecule has 0 atom stereocenters. The fourth-order valence-electron chi connectivity index (χ4n) is 5.13. The van der Waals surface area contributed by atoms with Crippen molar-refractivity contribution in [2.75, 3.05) is 39.6 Å². The first-order chi connectivity index (χ1) is 23.6. The molecule has 48 heavy (non-hydrogen) atoms. The molecule has 9 nitrogen and oxygen atoms in total. The van der Waals surface area contributed by atoms with Gasteiger partial charge < -0.3 is 18.9 Å². The van der Waals surface area contributed by atoms with Crippen molar-refractivity contribution >= 4 is 0 Å². The van der Waals surface area contributed by atoms with Gasteiger partial charge in [-0.25, -0.2) is 0 Å². The van der Waals surface area contributed by atoms with Gasteiger partial charge in [0.05, 0.1) is 73.8 Å². The van der Waals surface area contributed by atoms with E-state index in [1.807, 2.05) is 55.1 Å². The predicted octanol–water partition coefficient (Wildman–Crippen LogP) is 6.94. The highest BCUT2D eigenvalue weighted by Crippen LogP contribution is 2.18. The molecule has 0 radical (unpaired) electrons. The van der Waals surface area contributed by atoms with Crippen LogP contribution in [0.5, 0.6) is 0 Å². The van der Waals surface area contributed by atoms with Crippen LogP contribution in [0.2, 0.25) is 0 Å². The Morgan fingerprint density at radius 3 is 1.33 bits per heavy atom. The lowest BCUT2D eigenvalue weighted by Crippen LogP contribution is -2.08. The van der Waals surface area contributed by atoms with E-state index in [0.717, 1.165) is 59.8 Å². The third-order valence-electron chi connectivity index (χ3n) is 7.62. The Morgan fingerprint density at radius 1 is 0.458 bits per heavy atom. The first-order valence-corrected chi connectivity index (χ1v) is 16.6. The summed E-state index contributed by atoms with van der Waals surface area (Å²) >= 11 is 0. The van der Waals surface area contributed by atoms with Crippen LogP contribution in [0, 0.1) is 13.8 Å². The normalized spacial score (nSPS) is 11.2. The summed E-state index contributed by atoms with van der Waals surface area (Å²) in [5.74, 6) is 0. The van der Waals surface area contributed by atoms with E-state index in [4.69, 9.17) is 18.9 Å². The molecule has 0 N–H and O–H groups in total. The lowest BCUT2D eigenvalue weighted by molar-refractivity contribution is 0.0359. The minimum Gasteiger partial charge on any atom is -0.379 e. The zero-order valence-corrected chi connectivity index (χ0v) is 28.0. The molecule has 250 valence electrons. The molecule has 0 amide bonds. The van der Waals surface area contributed by atoms with Crippen LogP contribution in [-0.2, 0) is 45.0 Å². The molecule has 5 aromatic heterocycles. The van der Waals surface area contributed by atoms with Gasteiger partial charge in [-0.3, -0.25) is 24.9 Å². The first kappa shape index (κ1) is 34.9. The molecule has 0 spiro atoms. The van der Waals surface area contributed by atoms with Crippen LogP contribution in [0.15, 0.2) is 91.5 Å². The molecular weight excluding hydrogens is 602 g/mol. The topological polar surface area (TPSA) is 101 Å².